The average Bonchev–Trinajstić information content (AvgIpc) is 2.44. The van der Waals surface area contributed by atoms with Crippen molar-refractivity contribution < 1.29 is 14.3 Å². The number of pyridine rings is 1. The molecular formula is C17H24ClN3O3. The molecule has 1 aromatic heterocycles. The first-order valence-electron chi connectivity index (χ1n) is 8.07. The number of nitrogens with zero attached hydrogens (tertiary/aromatic N) is 2. The minimum Gasteiger partial charge on any atom is -0.444 e. The highest BCUT2D eigenvalue weighted by atomic mass is 35.5. The number of aryl methyl sites for hydroxylation is 1. The second-order valence-electron chi connectivity index (χ2n) is 7.00. The molecule has 2 heterocycles. The summed E-state index contributed by atoms with van der Waals surface area (Å²) >= 11 is 5.84. The third kappa shape index (κ3) is 5.09. The Bertz CT molecular complexity index is 628. The summed E-state index contributed by atoms with van der Waals surface area (Å²) in [6.45, 7) is 8.34. The van der Waals surface area contributed by atoms with Crippen molar-refractivity contribution >= 4 is 23.6 Å². The monoisotopic (exact) mass is 353 g/mol. The van der Waals surface area contributed by atoms with Crippen molar-refractivity contribution in [3.63, 3.8) is 0 Å². The van der Waals surface area contributed by atoms with Crippen LogP contribution in [-0.2, 0) is 4.74 Å². The standard InChI is InChI=1S/C17H24ClN3O3/c1-11-13(7-8-14(18)19-11)15(22)21-9-5-6-12(10-21)20-16(23)24-17(2,3)4/h7-8,12H,5-6,9-10H2,1-4H3,(H,20,23)/t12-/m1/s1. The van der Waals surface area contributed by atoms with Gasteiger partial charge in [-0.05, 0) is 52.7 Å². The van der Waals surface area contributed by atoms with Crippen molar-refractivity contribution in [3.8, 4) is 0 Å². The number of amides is 2. The molecule has 1 aliphatic rings. The quantitative estimate of drug-likeness (QED) is 0.829. The van der Waals surface area contributed by atoms with Gasteiger partial charge in [-0.3, -0.25) is 4.79 Å². The normalized spacial score (nSPS) is 18.2. The van der Waals surface area contributed by atoms with Crippen molar-refractivity contribution in [3.05, 3.63) is 28.5 Å². The third-order valence-corrected chi connectivity index (χ3v) is 3.92. The Morgan fingerprint density at radius 3 is 2.71 bits per heavy atom. The smallest absolute Gasteiger partial charge is 0.407 e. The van der Waals surface area contributed by atoms with Crippen molar-refractivity contribution in [2.75, 3.05) is 13.1 Å². The third-order valence-electron chi connectivity index (χ3n) is 3.71. The van der Waals surface area contributed by atoms with Crippen LogP contribution in [0.15, 0.2) is 12.1 Å². The summed E-state index contributed by atoms with van der Waals surface area (Å²) in [5.74, 6) is -0.0904. The number of hydrogen-bond donors (Lipinski definition) is 1. The van der Waals surface area contributed by atoms with Crippen LogP contribution >= 0.6 is 11.6 Å². The van der Waals surface area contributed by atoms with Crippen LogP contribution in [-0.4, -0.2) is 46.6 Å². The number of halogens is 1. The molecule has 0 unspecified atom stereocenters. The van der Waals surface area contributed by atoms with Crippen LogP contribution in [0.2, 0.25) is 5.15 Å². The minimum absolute atomic E-state index is 0.0904. The molecule has 1 aliphatic heterocycles. The van der Waals surface area contributed by atoms with Crippen molar-refractivity contribution in [1.82, 2.24) is 15.2 Å². The van der Waals surface area contributed by atoms with E-state index >= 15 is 0 Å². The average molecular weight is 354 g/mol. The van der Waals surface area contributed by atoms with Gasteiger partial charge in [0.2, 0.25) is 0 Å². The number of piperidine rings is 1. The number of nitrogens with one attached hydrogen (secondary N) is 1. The predicted molar refractivity (Wildman–Crippen MR) is 92.3 cm³/mol. The van der Waals surface area contributed by atoms with E-state index < -0.39 is 11.7 Å². The van der Waals surface area contributed by atoms with E-state index in [-0.39, 0.29) is 11.9 Å². The van der Waals surface area contributed by atoms with Crippen molar-refractivity contribution in [1.29, 1.82) is 0 Å². The Morgan fingerprint density at radius 2 is 2.08 bits per heavy atom. The number of rotatable bonds is 2. The van der Waals surface area contributed by atoms with Gasteiger partial charge in [0.25, 0.3) is 5.91 Å². The van der Waals surface area contributed by atoms with Crippen molar-refractivity contribution in [2.45, 2.75) is 52.2 Å². The molecule has 2 amide bonds. The maximum Gasteiger partial charge on any atom is 0.407 e. The van der Waals surface area contributed by atoms with Gasteiger partial charge in [-0.25, -0.2) is 9.78 Å². The summed E-state index contributed by atoms with van der Waals surface area (Å²) in [5, 5.41) is 3.21. The van der Waals surface area contributed by atoms with Gasteiger partial charge in [0, 0.05) is 19.1 Å². The van der Waals surface area contributed by atoms with Crippen LogP contribution in [0.4, 0.5) is 4.79 Å². The first-order valence-corrected chi connectivity index (χ1v) is 8.45. The Kier molecular flexibility index (Phi) is 5.70. The fraction of sp³-hybridized carbons (Fsp3) is 0.588. The van der Waals surface area contributed by atoms with Crippen molar-refractivity contribution in [2.24, 2.45) is 0 Å². The zero-order valence-electron chi connectivity index (χ0n) is 14.6. The molecule has 0 aliphatic carbocycles. The Labute approximate surface area is 147 Å². The lowest BCUT2D eigenvalue weighted by Gasteiger charge is -2.33. The van der Waals surface area contributed by atoms with Crippen LogP contribution in [0.1, 0.15) is 49.7 Å². The van der Waals surface area contributed by atoms with Crippen LogP contribution in [0.3, 0.4) is 0 Å². The second kappa shape index (κ2) is 7.38. The number of hydrogen-bond acceptors (Lipinski definition) is 4. The molecule has 1 fully saturated rings. The maximum atomic E-state index is 12.7. The molecule has 1 saturated heterocycles. The highest BCUT2D eigenvalue weighted by Crippen LogP contribution is 2.18. The van der Waals surface area contributed by atoms with E-state index in [1.807, 2.05) is 20.8 Å². The molecule has 0 saturated carbocycles. The van der Waals surface area contributed by atoms with E-state index in [2.05, 4.69) is 10.3 Å². The predicted octanol–water partition coefficient (Wildman–Crippen LogP) is 3.17. The van der Waals surface area contributed by atoms with Gasteiger partial charge in [0.15, 0.2) is 0 Å². The van der Waals surface area contributed by atoms with Crippen LogP contribution < -0.4 is 5.32 Å². The van der Waals surface area contributed by atoms with E-state index in [1.165, 1.54) is 0 Å². The molecule has 1 atom stereocenters. The summed E-state index contributed by atoms with van der Waals surface area (Å²) in [5.41, 5.74) is 0.604. The van der Waals surface area contributed by atoms with Crippen LogP contribution in [0.25, 0.3) is 0 Å². The summed E-state index contributed by atoms with van der Waals surface area (Å²) in [6.07, 6.45) is 1.19. The molecule has 2 rings (SSSR count). The van der Waals surface area contributed by atoms with E-state index in [4.69, 9.17) is 16.3 Å². The summed E-state index contributed by atoms with van der Waals surface area (Å²) in [7, 11) is 0. The van der Waals surface area contributed by atoms with Gasteiger partial charge in [-0.15, -0.1) is 0 Å². The SMILES string of the molecule is Cc1nc(Cl)ccc1C(=O)N1CCC[C@@H](NC(=O)OC(C)(C)C)C1. The summed E-state index contributed by atoms with van der Waals surface area (Å²) in [4.78, 5) is 30.5. The molecule has 6 nitrogen and oxygen atoms in total. The van der Waals surface area contributed by atoms with E-state index in [1.54, 1.807) is 24.0 Å². The van der Waals surface area contributed by atoms with E-state index in [0.717, 1.165) is 12.8 Å². The molecule has 1 aromatic rings. The van der Waals surface area contributed by atoms with Gasteiger partial charge in [-0.2, -0.15) is 0 Å². The van der Waals surface area contributed by atoms with E-state index in [9.17, 15) is 9.59 Å². The number of carbonyl (C=O) groups is 2. The van der Waals surface area contributed by atoms with Gasteiger partial charge in [0.1, 0.15) is 10.8 Å². The zero-order valence-corrected chi connectivity index (χ0v) is 15.3. The van der Waals surface area contributed by atoms with Gasteiger partial charge in [0.05, 0.1) is 11.3 Å². The first kappa shape index (κ1) is 18.5. The second-order valence-corrected chi connectivity index (χ2v) is 7.39. The topological polar surface area (TPSA) is 71.5 Å². The van der Waals surface area contributed by atoms with Gasteiger partial charge < -0.3 is 15.0 Å². The lowest BCUT2D eigenvalue weighted by Crippen LogP contribution is -2.50. The summed E-state index contributed by atoms with van der Waals surface area (Å²) in [6, 6.07) is 3.19. The minimum atomic E-state index is -0.541. The fourth-order valence-electron chi connectivity index (χ4n) is 2.68. The number of likely N-dealkylation sites (tertiary alicyclic amines) is 1. The van der Waals surface area contributed by atoms with Gasteiger partial charge in [-0.1, -0.05) is 11.6 Å². The maximum absolute atomic E-state index is 12.7. The highest BCUT2D eigenvalue weighted by Gasteiger charge is 2.28. The molecule has 7 heteroatoms. The first-order chi connectivity index (χ1) is 11.2. The molecule has 1 N–H and O–H groups in total. The molecule has 0 bridgehead atoms. The molecule has 0 radical (unpaired) electrons. The van der Waals surface area contributed by atoms with Gasteiger partial charge >= 0.3 is 6.09 Å². The van der Waals surface area contributed by atoms with E-state index in [0.29, 0.717) is 29.5 Å². The lowest BCUT2D eigenvalue weighted by atomic mass is 10.0. The number of ether oxygens (including phenoxy) is 1. The molecule has 24 heavy (non-hydrogen) atoms. The largest absolute Gasteiger partial charge is 0.444 e. The fourth-order valence-corrected chi connectivity index (χ4v) is 2.87. The molecular weight excluding hydrogens is 330 g/mol. The molecule has 132 valence electrons. The lowest BCUT2D eigenvalue weighted by molar-refractivity contribution is 0.0452. The highest BCUT2D eigenvalue weighted by molar-refractivity contribution is 6.29. The molecule has 0 spiro atoms. The van der Waals surface area contributed by atoms with Crippen LogP contribution in [0, 0.1) is 6.92 Å². The Morgan fingerprint density at radius 1 is 1.38 bits per heavy atom. The number of aromatic nitrogens is 1. The molecule has 0 aromatic carbocycles. The Balaban J connectivity index is 1.99. The number of carbonyl (C=O) groups excluding carboxylic acids is 2. The Hall–Kier alpha value is -1.82. The summed E-state index contributed by atoms with van der Waals surface area (Å²) < 4.78 is 5.27. The van der Waals surface area contributed by atoms with Crippen LogP contribution in [0.5, 0.6) is 0 Å². The number of alkyl carbamates (subject to hydrolysis) is 1. The zero-order chi connectivity index (χ0) is 17.9.